The van der Waals surface area contributed by atoms with Gasteiger partial charge in [0.2, 0.25) is 0 Å². The van der Waals surface area contributed by atoms with E-state index < -0.39 is 46.5 Å². The normalized spacial score (nSPS) is 14.1. The minimum Gasteiger partial charge on any atom is -0.469 e. The molecule has 0 aliphatic heterocycles. The van der Waals surface area contributed by atoms with E-state index in [9.17, 15) is 36.2 Å². The van der Waals surface area contributed by atoms with Gasteiger partial charge in [-0.1, -0.05) is 12.1 Å². The van der Waals surface area contributed by atoms with Crippen molar-refractivity contribution in [2.24, 2.45) is 0 Å². The van der Waals surface area contributed by atoms with Crippen molar-refractivity contribution < 1.29 is 40.7 Å². The number of rotatable bonds is 9. The largest absolute Gasteiger partial charge is 0.469 e. The second-order valence-corrected chi connectivity index (χ2v) is 8.63. The monoisotopic (exact) mass is 521 g/mol. The van der Waals surface area contributed by atoms with Crippen molar-refractivity contribution in [1.29, 1.82) is 0 Å². The van der Waals surface area contributed by atoms with Gasteiger partial charge in [0.05, 0.1) is 17.9 Å². The average Bonchev–Trinajstić information content (AvgIpc) is 3.46. The summed E-state index contributed by atoms with van der Waals surface area (Å²) in [5.41, 5.74) is -2.36. The molecule has 2 atom stereocenters. The van der Waals surface area contributed by atoms with Crippen LogP contribution >= 0.6 is 11.3 Å². The Kier molecular flexibility index (Phi) is 8.23. The lowest BCUT2D eigenvalue weighted by atomic mass is 10.0. The van der Waals surface area contributed by atoms with Gasteiger partial charge in [0.15, 0.2) is 5.69 Å². The summed E-state index contributed by atoms with van der Waals surface area (Å²) in [7, 11) is 0. The molecule has 0 aliphatic rings. The number of furan rings is 1. The zero-order valence-electron chi connectivity index (χ0n) is 18.2. The van der Waals surface area contributed by atoms with Crippen LogP contribution in [0.25, 0.3) is 0 Å². The molecule has 13 heteroatoms. The number of hydrogen-bond acceptors (Lipinski definition) is 6. The summed E-state index contributed by atoms with van der Waals surface area (Å²) in [5.74, 6) is -0.474. The first kappa shape index (κ1) is 26.7. The van der Waals surface area contributed by atoms with Gasteiger partial charge in [0.25, 0.3) is 5.91 Å². The first-order valence-corrected chi connectivity index (χ1v) is 11.1. The van der Waals surface area contributed by atoms with E-state index in [0.29, 0.717) is 30.1 Å². The highest BCUT2D eigenvalue weighted by molar-refractivity contribution is 7.13. The lowest BCUT2D eigenvalue weighted by molar-refractivity contribution is -0.141. The van der Waals surface area contributed by atoms with Crippen molar-refractivity contribution in [3.8, 4) is 0 Å². The molecule has 35 heavy (non-hydrogen) atoms. The average molecular weight is 521 g/mol. The van der Waals surface area contributed by atoms with E-state index in [1.165, 1.54) is 19.3 Å². The number of halogens is 6. The molecule has 0 spiro atoms. The molecule has 0 bridgehead atoms. The van der Waals surface area contributed by atoms with E-state index in [1.807, 2.05) is 0 Å². The highest BCUT2D eigenvalue weighted by atomic mass is 32.1. The first-order valence-electron chi connectivity index (χ1n) is 10.3. The number of thiazole rings is 1. The molecule has 0 saturated heterocycles. The minimum atomic E-state index is -4.98. The van der Waals surface area contributed by atoms with Crippen LogP contribution in [-0.2, 0) is 18.8 Å². The van der Waals surface area contributed by atoms with Crippen LogP contribution in [0, 0.1) is 0 Å². The number of aliphatic hydroxyl groups excluding tert-OH is 1. The van der Waals surface area contributed by atoms with Crippen molar-refractivity contribution in [2.45, 2.75) is 37.8 Å². The molecule has 6 nitrogen and oxygen atoms in total. The standard InChI is InChI=1S/C22H21F6N3O3S/c1-12(13-4-2-5-14(10-13)21(23,24)25)30-19(33)17-18(22(26,27)28)31-20(35-17)16(32)11-29-8-7-15-6-3-9-34-15/h2-6,9-10,12,16,29,32H,7-8,11H2,1H3,(H,30,33). The molecule has 0 aliphatic carbocycles. The van der Waals surface area contributed by atoms with Crippen molar-refractivity contribution >= 4 is 17.2 Å². The molecule has 0 fully saturated rings. The Balaban J connectivity index is 1.71. The maximum Gasteiger partial charge on any atom is 0.435 e. The summed E-state index contributed by atoms with van der Waals surface area (Å²) in [6.45, 7) is 1.61. The number of alkyl halides is 6. The van der Waals surface area contributed by atoms with Crippen LogP contribution in [-0.4, -0.2) is 29.1 Å². The molecular weight excluding hydrogens is 500 g/mol. The summed E-state index contributed by atoms with van der Waals surface area (Å²) in [6, 6.07) is 6.55. The molecule has 2 aromatic heterocycles. The summed E-state index contributed by atoms with van der Waals surface area (Å²) < 4.78 is 84.6. The fraction of sp³-hybridized carbons (Fsp3) is 0.364. The van der Waals surface area contributed by atoms with E-state index in [4.69, 9.17) is 4.42 Å². The third kappa shape index (κ3) is 7.05. The Morgan fingerprint density at radius 2 is 1.89 bits per heavy atom. The quantitative estimate of drug-likeness (QED) is 0.269. The Morgan fingerprint density at radius 3 is 2.51 bits per heavy atom. The molecule has 190 valence electrons. The van der Waals surface area contributed by atoms with E-state index in [2.05, 4.69) is 15.6 Å². The number of benzene rings is 1. The SMILES string of the molecule is CC(NC(=O)c1sc(C(O)CNCCc2ccco2)nc1C(F)(F)F)c1cccc(C(F)(F)F)c1. The fourth-order valence-corrected chi connectivity index (χ4v) is 4.12. The second kappa shape index (κ2) is 10.8. The fourth-order valence-electron chi connectivity index (χ4n) is 3.15. The highest BCUT2D eigenvalue weighted by Gasteiger charge is 2.40. The Morgan fingerprint density at radius 1 is 1.14 bits per heavy atom. The summed E-state index contributed by atoms with van der Waals surface area (Å²) >= 11 is 0.371. The van der Waals surface area contributed by atoms with Crippen molar-refractivity contribution in [3.05, 3.63) is 75.1 Å². The molecule has 2 unspecified atom stereocenters. The molecule has 0 radical (unpaired) electrons. The number of nitrogens with one attached hydrogen (secondary N) is 2. The zero-order chi connectivity index (χ0) is 25.8. The molecule has 3 N–H and O–H groups in total. The van der Waals surface area contributed by atoms with Crippen molar-refractivity contribution in [1.82, 2.24) is 15.6 Å². The van der Waals surface area contributed by atoms with Gasteiger partial charge in [-0.2, -0.15) is 26.3 Å². The number of aliphatic hydroxyl groups is 1. The number of nitrogens with zero attached hydrogens (tertiary/aromatic N) is 1. The van der Waals surface area contributed by atoms with Crippen molar-refractivity contribution in [3.63, 3.8) is 0 Å². The zero-order valence-corrected chi connectivity index (χ0v) is 19.0. The molecule has 3 aromatic rings. The molecular formula is C22H21F6N3O3S. The predicted octanol–water partition coefficient (Wildman–Crippen LogP) is 5.13. The summed E-state index contributed by atoms with van der Waals surface area (Å²) in [6.07, 6.45) is -9.02. The van der Waals surface area contributed by atoms with Crippen molar-refractivity contribution in [2.75, 3.05) is 13.1 Å². The maximum atomic E-state index is 13.5. The van der Waals surface area contributed by atoms with Gasteiger partial charge in [0.1, 0.15) is 21.7 Å². The molecule has 1 amide bonds. The molecule has 3 rings (SSSR count). The van der Waals surface area contributed by atoms with Gasteiger partial charge in [0, 0.05) is 19.5 Å². The van der Waals surface area contributed by atoms with Gasteiger partial charge < -0.3 is 20.2 Å². The number of amides is 1. The van der Waals surface area contributed by atoms with Gasteiger partial charge in [-0.25, -0.2) is 4.98 Å². The van der Waals surface area contributed by atoms with Gasteiger partial charge in [-0.15, -0.1) is 11.3 Å². The third-order valence-electron chi connectivity index (χ3n) is 4.93. The molecule has 0 saturated carbocycles. The maximum absolute atomic E-state index is 13.5. The van der Waals surface area contributed by atoms with Gasteiger partial charge in [-0.05, 0) is 36.8 Å². The smallest absolute Gasteiger partial charge is 0.435 e. The van der Waals surface area contributed by atoms with Crippen LogP contribution in [0.4, 0.5) is 26.3 Å². The van der Waals surface area contributed by atoms with Crippen LogP contribution < -0.4 is 10.6 Å². The number of carbonyl (C=O) groups excluding carboxylic acids is 1. The minimum absolute atomic E-state index is 0.0623. The Hall–Kier alpha value is -2.90. The summed E-state index contributed by atoms with van der Waals surface area (Å²) in [5, 5.41) is 15.1. The number of carbonyl (C=O) groups is 1. The van der Waals surface area contributed by atoms with Crippen LogP contribution in [0.1, 0.15) is 56.3 Å². The lowest BCUT2D eigenvalue weighted by Crippen LogP contribution is -2.28. The van der Waals surface area contributed by atoms with Crippen LogP contribution in [0.5, 0.6) is 0 Å². The van der Waals surface area contributed by atoms with Crippen LogP contribution in [0.3, 0.4) is 0 Å². The topological polar surface area (TPSA) is 87.4 Å². The predicted molar refractivity (Wildman–Crippen MR) is 115 cm³/mol. The molecule has 1 aromatic carbocycles. The van der Waals surface area contributed by atoms with E-state index in [1.54, 1.807) is 12.1 Å². The van der Waals surface area contributed by atoms with Gasteiger partial charge in [-0.3, -0.25) is 4.79 Å². The lowest BCUT2D eigenvalue weighted by Gasteiger charge is -2.16. The van der Waals surface area contributed by atoms with Crippen LogP contribution in [0.2, 0.25) is 0 Å². The van der Waals surface area contributed by atoms with Crippen LogP contribution in [0.15, 0.2) is 47.1 Å². The van der Waals surface area contributed by atoms with E-state index >= 15 is 0 Å². The second-order valence-electron chi connectivity index (χ2n) is 7.60. The van der Waals surface area contributed by atoms with E-state index in [0.717, 1.165) is 18.2 Å². The molecule has 2 heterocycles. The first-order chi connectivity index (χ1) is 16.4. The Labute approximate surface area is 200 Å². The number of hydrogen-bond donors (Lipinski definition) is 3. The van der Waals surface area contributed by atoms with E-state index in [-0.39, 0.29) is 17.1 Å². The van der Waals surface area contributed by atoms with Gasteiger partial charge >= 0.3 is 12.4 Å². The number of aromatic nitrogens is 1. The third-order valence-corrected chi connectivity index (χ3v) is 6.09. The Bertz CT molecular complexity index is 1130. The summed E-state index contributed by atoms with van der Waals surface area (Å²) in [4.78, 5) is 15.3. The highest BCUT2D eigenvalue weighted by Crippen LogP contribution is 2.36.